The van der Waals surface area contributed by atoms with Gasteiger partial charge in [-0.2, -0.15) is 0 Å². The average molecular weight is 189 g/mol. The molecule has 0 aromatic heterocycles. The fraction of sp³-hybridized carbons (Fsp3) is 0.750. The van der Waals surface area contributed by atoms with Crippen molar-refractivity contribution in [1.29, 1.82) is 0 Å². The third kappa shape index (κ3) is 6.10. The minimum atomic E-state index is -1.00. The second kappa shape index (κ2) is 6.42. The summed E-state index contributed by atoms with van der Waals surface area (Å²) in [5, 5.41) is 8.42. The molecule has 0 aliphatic heterocycles. The number of nitrogens with two attached hydrogens (primary N) is 1. The molecule has 5 heteroatoms. The van der Waals surface area contributed by atoms with E-state index in [9.17, 15) is 9.59 Å². The van der Waals surface area contributed by atoms with Gasteiger partial charge in [-0.25, -0.2) is 0 Å². The van der Waals surface area contributed by atoms with Crippen LogP contribution in [0, 0.1) is 0 Å². The zero-order chi connectivity index (χ0) is 10.3. The van der Waals surface area contributed by atoms with Crippen molar-refractivity contribution in [2.45, 2.75) is 31.7 Å². The maximum atomic E-state index is 10.6. The lowest BCUT2D eigenvalue weighted by molar-refractivity contribution is -0.140. The highest BCUT2D eigenvalue weighted by Crippen LogP contribution is 2.03. The number of unbranched alkanes of at least 4 members (excludes halogenated alkanes) is 1. The van der Waals surface area contributed by atoms with Gasteiger partial charge in [0.15, 0.2) is 0 Å². The number of carboxylic acid groups (broad SMARTS) is 1. The maximum Gasteiger partial charge on any atom is 0.320 e. The number of aliphatic carboxylic acids is 1. The van der Waals surface area contributed by atoms with Crippen LogP contribution in [0.4, 0.5) is 0 Å². The molecule has 0 aliphatic carbocycles. The molecular weight excluding hydrogens is 174 g/mol. The molecule has 0 aliphatic rings. The Balaban J connectivity index is 3.35. The topological polar surface area (TPSA) is 89.6 Å². The van der Waals surface area contributed by atoms with Gasteiger partial charge in [0, 0.05) is 6.42 Å². The highest BCUT2D eigenvalue weighted by Gasteiger charge is 2.10. The van der Waals surface area contributed by atoms with Crippen LogP contribution >= 0.6 is 0 Å². The lowest BCUT2D eigenvalue weighted by atomic mass is 10.1. The first-order valence-electron chi connectivity index (χ1n) is 4.13. The number of rotatable bonds is 6. The van der Waals surface area contributed by atoms with E-state index in [1.165, 1.54) is 7.11 Å². The standard InChI is InChI=1S/C8H15NO4/c1-13-7(10)5-3-2-4-6(9)8(11)12/h6H,2-5,9H2,1H3,(H,11,12)/t6-/m0/s1. The van der Waals surface area contributed by atoms with Gasteiger partial charge in [0.05, 0.1) is 7.11 Å². The van der Waals surface area contributed by atoms with Gasteiger partial charge in [0.2, 0.25) is 0 Å². The minimum absolute atomic E-state index is 0.274. The highest BCUT2D eigenvalue weighted by atomic mass is 16.5. The molecule has 0 spiro atoms. The van der Waals surface area contributed by atoms with Crippen molar-refractivity contribution in [1.82, 2.24) is 0 Å². The van der Waals surface area contributed by atoms with Crippen LogP contribution in [0.2, 0.25) is 0 Å². The number of carboxylic acids is 1. The molecule has 3 N–H and O–H groups in total. The second-order valence-electron chi connectivity index (χ2n) is 2.77. The zero-order valence-electron chi connectivity index (χ0n) is 7.66. The summed E-state index contributed by atoms with van der Waals surface area (Å²) < 4.78 is 4.42. The molecule has 76 valence electrons. The Kier molecular flexibility index (Phi) is 5.88. The van der Waals surface area contributed by atoms with E-state index in [2.05, 4.69) is 4.74 Å². The van der Waals surface area contributed by atoms with Crippen LogP contribution < -0.4 is 5.73 Å². The van der Waals surface area contributed by atoms with Crippen molar-refractivity contribution in [2.75, 3.05) is 7.11 Å². The highest BCUT2D eigenvalue weighted by molar-refractivity contribution is 5.73. The lowest BCUT2D eigenvalue weighted by Crippen LogP contribution is -2.29. The molecule has 0 saturated carbocycles. The molecule has 0 aromatic rings. The third-order valence-electron chi connectivity index (χ3n) is 1.69. The van der Waals surface area contributed by atoms with Crippen molar-refractivity contribution in [3.8, 4) is 0 Å². The lowest BCUT2D eigenvalue weighted by Gasteiger charge is -2.04. The fourth-order valence-electron chi connectivity index (χ4n) is 0.859. The molecular formula is C8H15NO4. The summed E-state index contributed by atoms with van der Waals surface area (Å²) in [5.41, 5.74) is 5.25. The number of carbonyl (C=O) groups is 2. The molecule has 0 fully saturated rings. The molecule has 0 unspecified atom stereocenters. The van der Waals surface area contributed by atoms with Crippen molar-refractivity contribution in [3.05, 3.63) is 0 Å². The summed E-state index contributed by atoms with van der Waals surface area (Å²) in [6.07, 6.45) is 1.96. The molecule has 5 nitrogen and oxygen atoms in total. The van der Waals surface area contributed by atoms with Crippen LogP contribution in [-0.2, 0) is 14.3 Å². The summed E-state index contributed by atoms with van der Waals surface area (Å²) >= 11 is 0. The third-order valence-corrected chi connectivity index (χ3v) is 1.69. The van der Waals surface area contributed by atoms with Gasteiger partial charge in [0.25, 0.3) is 0 Å². The van der Waals surface area contributed by atoms with E-state index in [4.69, 9.17) is 10.8 Å². The van der Waals surface area contributed by atoms with Gasteiger partial charge >= 0.3 is 11.9 Å². The van der Waals surface area contributed by atoms with Crippen molar-refractivity contribution >= 4 is 11.9 Å². The molecule has 0 heterocycles. The summed E-state index contributed by atoms with van der Waals surface area (Å²) in [7, 11) is 1.32. The Morgan fingerprint density at radius 1 is 1.46 bits per heavy atom. The quantitative estimate of drug-likeness (QED) is 0.458. The van der Waals surface area contributed by atoms with Gasteiger partial charge in [-0.05, 0) is 12.8 Å². The van der Waals surface area contributed by atoms with Crippen LogP contribution in [0.15, 0.2) is 0 Å². The van der Waals surface area contributed by atoms with Crippen molar-refractivity contribution in [3.63, 3.8) is 0 Å². The van der Waals surface area contributed by atoms with E-state index in [1.807, 2.05) is 0 Å². The Morgan fingerprint density at radius 2 is 2.08 bits per heavy atom. The summed E-state index contributed by atoms with van der Waals surface area (Å²) in [4.78, 5) is 20.9. The molecule has 0 amide bonds. The normalized spacial score (nSPS) is 12.2. The van der Waals surface area contributed by atoms with E-state index in [0.717, 1.165) is 0 Å². The van der Waals surface area contributed by atoms with Crippen LogP contribution in [0.1, 0.15) is 25.7 Å². The average Bonchev–Trinajstić information content (AvgIpc) is 2.11. The van der Waals surface area contributed by atoms with Crippen LogP contribution in [0.25, 0.3) is 0 Å². The first-order valence-corrected chi connectivity index (χ1v) is 4.13. The Labute approximate surface area is 76.9 Å². The second-order valence-corrected chi connectivity index (χ2v) is 2.77. The molecule has 0 saturated heterocycles. The van der Waals surface area contributed by atoms with Gasteiger partial charge in [-0.1, -0.05) is 6.42 Å². The number of ether oxygens (including phenoxy) is 1. The smallest absolute Gasteiger partial charge is 0.320 e. The van der Waals surface area contributed by atoms with E-state index < -0.39 is 12.0 Å². The maximum absolute atomic E-state index is 10.6. The largest absolute Gasteiger partial charge is 0.480 e. The number of esters is 1. The molecule has 0 radical (unpaired) electrons. The monoisotopic (exact) mass is 189 g/mol. The predicted molar refractivity (Wildman–Crippen MR) is 46.1 cm³/mol. The Morgan fingerprint density at radius 3 is 2.54 bits per heavy atom. The SMILES string of the molecule is COC(=O)CCCC[C@H](N)C(=O)O. The number of methoxy groups -OCH3 is 1. The Bertz CT molecular complexity index is 181. The van der Waals surface area contributed by atoms with Gasteiger partial charge in [-0.15, -0.1) is 0 Å². The van der Waals surface area contributed by atoms with Crippen LogP contribution in [0.3, 0.4) is 0 Å². The van der Waals surface area contributed by atoms with Crippen LogP contribution in [-0.4, -0.2) is 30.2 Å². The first-order chi connectivity index (χ1) is 6.07. The molecule has 0 aromatic carbocycles. The van der Waals surface area contributed by atoms with Crippen molar-refractivity contribution in [2.24, 2.45) is 5.73 Å². The van der Waals surface area contributed by atoms with Gasteiger partial charge < -0.3 is 15.6 Å². The van der Waals surface area contributed by atoms with Gasteiger partial charge in [0.1, 0.15) is 6.04 Å². The zero-order valence-corrected chi connectivity index (χ0v) is 7.66. The van der Waals surface area contributed by atoms with Crippen LogP contribution in [0.5, 0.6) is 0 Å². The van der Waals surface area contributed by atoms with Gasteiger partial charge in [-0.3, -0.25) is 9.59 Å². The fourth-order valence-corrected chi connectivity index (χ4v) is 0.859. The number of hydrogen-bond acceptors (Lipinski definition) is 4. The molecule has 0 rings (SSSR count). The molecule has 13 heavy (non-hydrogen) atoms. The summed E-state index contributed by atoms with van der Waals surface area (Å²) in [6, 6.07) is -0.822. The predicted octanol–water partition coefficient (Wildman–Crippen LogP) is 0.132. The minimum Gasteiger partial charge on any atom is -0.480 e. The summed E-state index contributed by atoms with van der Waals surface area (Å²) in [6.45, 7) is 0. The summed E-state index contributed by atoms with van der Waals surface area (Å²) in [5.74, 6) is -1.28. The van der Waals surface area contributed by atoms with Crippen molar-refractivity contribution < 1.29 is 19.4 Å². The van der Waals surface area contributed by atoms with E-state index >= 15 is 0 Å². The Hall–Kier alpha value is -1.10. The first kappa shape index (κ1) is 11.9. The molecule has 0 bridgehead atoms. The number of hydrogen-bond donors (Lipinski definition) is 2. The van der Waals surface area contributed by atoms with E-state index in [0.29, 0.717) is 25.7 Å². The molecule has 1 atom stereocenters. The van der Waals surface area contributed by atoms with E-state index in [-0.39, 0.29) is 5.97 Å². The number of carbonyl (C=O) groups excluding carboxylic acids is 1. The van der Waals surface area contributed by atoms with E-state index in [1.54, 1.807) is 0 Å².